The van der Waals surface area contributed by atoms with E-state index in [0.29, 0.717) is 47.3 Å². The maximum absolute atomic E-state index is 15.0. The molecule has 1 aliphatic heterocycles. The first-order valence-electron chi connectivity index (χ1n) is 11.8. The molecule has 1 saturated heterocycles. The van der Waals surface area contributed by atoms with E-state index in [-0.39, 0.29) is 17.6 Å². The zero-order valence-corrected chi connectivity index (χ0v) is 20.6. The largest absolute Gasteiger partial charge is 0.493 e. The molecule has 7 nitrogen and oxygen atoms in total. The molecule has 1 aromatic heterocycles. The summed E-state index contributed by atoms with van der Waals surface area (Å²) in [4.78, 5) is 8.98. The number of aromatic nitrogens is 2. The number of fused-ring (bicyclic) bond motifs is 1. The second-order valence-electron chi connectivity index (χ2n) is 9.02. The van der Waals surface area contributed by atoms with Gasteiger partial charge in [0.2, 0.25) is 0 Å². The van der Waals surface area contributed by atoms with Crippen molar-refractivity contribution in [3.8, 4) is 11.5 Å². The minimum absolute atomic E-state index is 0.0184. The molecule has 2 heterocycles. The van der Waals surface area contributed by atoms with Gasteiger partial charge in [0.1, 0.15) is 30.2 Å². The van der Waals surface area contributed by atoms with Crippen LogP contribution in [-0.2, 0) is 10.7 Å². The average Bonchev–Trinajstić information content (AvgIpc) is 3.39. The fourth-order valence-electron chi connectivity index (χ4n) is 4.37. The van der Waals surface area contributed by atoms with E-state index in [4.69, 9.17) is 19.3 Å². The monoisotopic (exact) mass is 505 g/mol. The summed E-state index contributed by atoms with van der Waals surface area (Å²) in [6, 6.07) is 6.52. The molecular formula is C26H30F3N3O4. The smallest absolute Gasteiger partial charge is 0.298 e. The number of aliphatic hydroxyl groups excluding tert-OH is 1. The number of rotatable bonds is 9. The fraction of sp³-hybridized carbons (Fsp3) is 0.462. The highest BCUT2D eigenvalue weighted by Crippen LogP contribution is 2.38. The van der Waals surface area contributed by atoms with Crippen LogP contribution in [0.3, 0.4) is 0 Å². The van der Waals surface area contributed by atoms with E-state index >= 15 is 4.39 Å². The number of benzene rings is 2. The summed E-state index contributed by atoms with van der Waals surface area (Å²) in [5, 5.41) is 12.8. The lowest BCUT2D eigenvalue weighted by Gasteiger charge is -2.23. The van der Waals surface area contributed by atoms with Crippen molar-refractivity contribution in [1.29, 1.82) is 0 Å². The van der Waals surface area contributed by atoms with Crippen molar-refractivity contribution < 1.29 is 32.5 Å². The van der Waals surface area contributed by atoms with E-state index < -0.39 is 30.0 Å². The molecule has 3 atom stereocenters. The molecule has 2 aromatic carbocycles. The summed E-state index contributed by atoms with van der Waals surface area (Å²) in [7, 11) is 1.55. The molecule has 0 amide bonds. The van der Waals surface area contributed by atoms with Gasteiger partial charge in [-0.25, -0.2) is 14.4 Å². The van der Waals surface area contributed by atoms with Crippen LogP contribution in [-0.4, -0.2) is 48.1 Å². The molecule has 0 saturated carbocycles. The fourth-order valence-corrected chi connectivity index (χ4v) is 4.37. The molecule has 1 fully saturated rings. The van der Waals surface area contributed by atoms with Crippen LogP contribution in [0.2, 0.25) is 0 Å². The summed E-state index contributed by atoms with van der Waals surface area (Å²) < 4.78 is 60.4. The number of hydrogen-bond acceptors (Lipinski definition) is 7. The van der Waals surface area contributed by atoms with Gasteiger partial charge in [0.05, 0.1) is 30.8 Å². The van der Waals surface area contributed by atoms with Crippen molar-refractivity contribution in [2.24, 2.45) is 5.92 Å². The average molecular weight is 506 g/mol. The predicted molar refractivity (Wildman–Crippen MR) is 129 cm³/mol. The van der Waals surface area contributed by atoms with Crippen molar-refractivity contribution in [3.63, 3.8) is 0 Å². The molecule has 4 rings (SSSR count). The van der Waals surface area contributed by atoms with Crippen LogP contribution < -0.4 is 14.8 Å². The van der Waals surface area contributed by atoms with Crippen LogP contribution in [0, 0.1) is 18.7 Å². The normalized spacial score (nSPS) is 17.7. The molecule has 0 aliphatic carbocycles. The SMILES string of the molecule is COc1cc2nc(C)nc(N[C@H](C)c3cccc(C(F)(F)CO)c3F)c2cc1OC(C)[C@H]1CCOC1. The van der Waals surface area contributed by atoms with E-state index in [1.807, 2.05) is 6.92 Å². The van der Waals surface area contributed by atoms with Crippen molar-refractivity contribution in [2.45, 2.75) is 45.3 Å². The highest BCUT2D eigenvalue weighted by molar-refractivity contribution is 5.92. The predicted octanol–water partition coefficient (Wildman–Crippen LogP) is 5.15. The number of ether oxygens (including phenoxy) is 3. The van der Waals surface area contributed by atoms with Gasteiger partial charge in [-0.15, -0.1) is 0 Å². The topological polar surface area (TPSA) is 85.7 Å². The number of nitrogens with one attached hydrogen (secondary N) is 1. The molecule has 194 valence electrons. The van der Waals surface area contributed by atoms with Crippen LogP contribution in [0.1, 0.15) is 43.3 Å². The van der Waals surface area contributed by atoms with E-state index in [1.165, 1.54) is 12.1 Å². The number of alkyl halides is 2. The van der Waals surface area contributed by atoms with Crippen LogP contribution >= 0.6 is 0 Å². The molecule has 0 radical (unpaired) electrons. The molecule has 2 N–H and O–H groups in total. The zero-order chi connectivity index (χ0) is 26.0. The number of anilines is 1. The molecule has 36 heavy (non-hydrogen) atoms. The standard InChI is InChI=1S/C26H30F3N3O4/c1-14(18-6-5-7-20(24(18)27)26(28,29)13-33)30-25-19-10-23(36-15(2)17-8-9-35-12-17)22(34-4)11-21(19)31-16(3)32-25/h5-7,10-11,14-15,17,33H,8-9,12-13H2,1-4H3,(H,30,31,32)/t14-,15?,17+/m1/s1. The number of hydrogen-bond donors (Lipinski definition) is 2. The lowest BCUT2D eigenvalue weighted by Crippen LogP contribution is -2.24. The summed E-state index contributed by atoms with van der Waals surface area (Å²) in [5.41, 5.74) is -0.255. The van der Waals surface area contributed by atoms with Crippen LogP contribution in [0.5, 0.6) is 11.5 Å². The van der Waals surface area contributed by atoms with Gasteiger partial charge in [0.25, 0.3) is 5.92 Å². The van der Waals surface area contributed by atoms with Gasteiger partial charge in [-0.1, -0.05) is 12.1 Å². The summed E-state index contributed by atoms with van der Waals surface area (Å²) in [6.07, 6.45) is 0.787. The van der Waals surface area contributed by atoms with Gasteiger partial charge >= 0.3 is 0 Å². The Kier molecular flexibility index (Phi) is 7.56. The number of methoxy groups -OCH3 is 1. The van der Waals surface area contributed by atoms with Gasteiger partial charge in [-0.2, -0.15) is 8.78 Å². The number of aryl methyl sites for hydroxylation is 1. The molecule has 1 aliphatic rings. The first-order chi connectivity index (χ1) is 17.1. The second-order valence-corrected chi connectivity index (χ2v) is 9.02. The van der Waals surface area contributed by atoms with Crippen molar-refractivity contribution >= 4 is 16.7 Å². The third-order valence-electron chi connectivity index (χ3n) is 6.48. The minimum Gasteiger partial charge on any atom is -0.493 e. The van der Waals surface area contributed by atoms with Crippen LogP contribution in [0.15, 0.2) is 30.3 Å². The maximum atomic E-state index is 15.0. The van der Waals surface area contributed by atoms with Crippen LogP contribution in [0.4, 0.5) is 19.0 Å². The van der Waals surface area contributed by atoms with E-state index in [0.717, 1.165) is 12.5 Å². The van der Waals surface area contributed by atoms with Gasteiger partial charge < -0.3 is 24.6 Å². The van der Waals surface area contributed by atoms with Crippen molar-refractivity contribution in [3.05, 3.63) is 53.1 Å². The molecule has 3 aromatic rings. The lowest BCUT2D eigenvalue weighted by atomic mass is 10.00. The summed E-state index contributed by atoms with van der Waals surface area (Å²) in [6.45, 7) is 5.19. The minimum atomic E-state index is -3.69. The van der Waals surface area contributed by atoms with Gasteiger partial charge in [-0.3, -0.25) is 0 Å². The van der Waals surface area contributed by atoms with E-state index in [1.54, 1.807) is 33.1 Å². The Morgan fingerprint density at radius 2 is 2.00 bits per heavy atom. The third-order valence-corrected chi connectivity index (χ3v) is 6.48. The van der Waals surface area contributed by atoms with E-state index in [9.17, 15) is 8.78 Å². The Labute approximate surface area is 207 Å². The molecule has 0 bridgehead atoms. The molecular weight excluding hydrogens is 475 g/mol. The lowest BCUT2D eigenvalue weighted by molar-refractivity contribution is -0.0583. The highest BCUT2D eigenvalue weighted by Gasteiger charge is 2.35. The molecule has 10 heteroatoms. The summed E-state index contributed by atoms with van der Waals surface area (Å²) >= 11 is 0. The number of nitrogens with zero attached hydrogens (tertiary/aromatic N) is 2. The Bertz CT molecular complexity index is 1230. The van der Waals surface area contributed by atoms with Gasteiger partial charge in [-0.05, 0) is 39.3 Å². The Morgan fingerprint density at radius 3 is 2.67 bits per heavy atom. The second kappa shape index (κ2) is 10.5. The maximum Gasteiger partial charge on any atom is 0.298 e. The van der Waals surface area contributed by atoms with Gasteiger partial charge in [0.15, 0.2) is 11.5 Å². The third kappa shape index (κ3) is 5.19. The highest BCUT2D eigenvalue weighted by atomic mass is 19.3. The zero-order valence-electron chi connectivity index (χ0n) is 20.6. The van der Waals surface area contributed by atoms with Gasteiger partial charge in [0, 0.05) is 29.5 Å². The quantitative estimate of drug-likeness (QED) is 0.416. The first kappa shape index (κ1) is 26.0. The molecule has 1 unspecified atom stereocenters. The first-order valence-corrected chi connectivity index (χ1v) is 11.8. The Hall–Kier alpha value is -3.11. The van der Waals surface area contributed by atoms with E-state index in [2.05, 4.69) is 15.3 Å². The number of aliphatic hydroxyl groups is 1. The van der Waals surface area contributed by atoms with Crippen molar-refractivity contribution in [2.75, 3.05) is 32.2 Å². The Morgan fingerprint density at radius 1 is 1.22 bits per heavy atom. The number of halogens is 3. The molecule has 0 spiro atoms. The summed E-state index contributed by atoms with van der Waals surface area (Å²) in [5.74, 6) is -2.64. The Balaban J connectivity index is 1.70. The van der Waals surface area contributed by atoms with Crippen molar-refractivity contribution in [1.82, 2.24) is 9.97 Å². The van der Waals surface area contributed by atoms with Crippen LogP contribution in [0.25, 0.3) is 10.9 Å².